The lowest BCUT2D eigenvalue weighted by Crippen LogP contribution is -2.16. The van der Waals surface area contributed by atoms with Crippen molar-refractivity contribution in [1.82, 2.24) is 0 Å². The lowest BCUT2D eigenvalue weighted by Gasteiger charge is -2.18. The number of rotatable bonds is 5. The second-order valence-corrected chi connectivity index (χ2v) is 4.98. The van der Waals surface area contributed by atoms with Crippen molar-refractivity contribution >= 4 is 5.69 Å². The van der Waals surface area contributed by atoms with E-state index in [9.17, 15) is 4.39 Å². The molecule has 0 spiro atoms. The zero-order chi connectivity index (χ0) is 12.1. The van der Waals surface area contributed by atoms with Gasteiger partial charge in [-0.15, -0.1) is 0 Å². The summed E-state index contributed by atoms with van der Waals surface area (Å²) in [6.45, 7) is 8.59. The van der Waals surface area contributed by atoms with E-state index in [2.05, 4.69) is 26.1 Å². The molecule has 0 saturated carbocycles. The van der Waals surface area contributed by atoms with Crippen molar-refractivity contribution < 1.29 is 4.39 Å². The maximum absolute atomic E-state index is 13.1. The van der Waals surface area contributed by atoms with Gasteiger partial charge in [0.15, 0.2) is 0 Å². The fourth-order valence-electron chi connectivity index (χ4n) is 1.67. The standard InChI is InChI=1S/C14H22FN/c1-10(2)5-7-12(4)16-14-9-13(15)8-6-11(14)3/h6,8-10,12,16H,5,7H2,1-4H3. The first-order valence-corrected chi connectivity index (χ1v) is 6.01. The molecule has 0 amide bonds. The van der Waals surface area contributed by atoms with Gasteiger partial charge in [-0.25, -0.2) is 4.39 Å². The molecule has 0 aliphatic rings. The first-order chi connectivity index (χ1) is 7.49. The summed E-state index contributed by atoms with van der Waals surface area (Å²) in [6.07, 6.45) is 2.32. The van der Waals surface area contributed by atoms with E-state index in [1.165, 1.54) is 12.5 Å². The zero-order valence-corrected chi connectivity index (χ0v) is 10.7. The van der Waals surface area contributed by atoms with Gasteiger partial charge in [0.1, 0.15) is 5.82 Å². The van der Waals surface area contributed by atoms with Gasteiger partial charge in [0, 0.05) is 11.7 Å². The Kier molecular flexibility index (Phi) is 4.78. The fraction of sp³-hybridized carbons (Fsp3) is 0.571. The summed E-state index contributed by atoms with van der Waals surface area (Å²) in [5, 5.41) is 3.37. The van der Waals surface area contributed by atoms with Crippen molar-refractivity contribution in [2.75, 3.05) is 5.32 Å². The van der Waals surface area contributed by atoms with Crippen LogP contribution in [0.15, 0.2) is 18.2 Å². The van der Waals surface area contributed by atoms with Gasteiger partial charge in [0.2, 0.25) is 0 Å². The van der Waals surface area contributed by atoms with Crippen LogP contribution in [0, 0.1) is 18.7 Å². The van der Waals surface area contributed by atoms with Crippen LogP contribution in [0.2, 0.25) is 0 Å². The van der Waals surface area contributed by atoms with Crippen LogP contribution in [-0.4, -0.2) is 6.04 Å². The molecule has 0 heterocycles. The van der Waals surface area contributed by atoms with E-state index in [4.69, 9.17) is 0 Å². The molecule has 1 aromatic carbocycles. The van der Waals surface area contributed by atoms with Gasteiger partial charge in [-0.3, -0.25) is 0 Å². The summed E-state index contributed by atoms with van der Waals surface area (Å²) >= 11 is 0. The fourth-order valence-corrected chi connectivity index (χ4v) is 1.67. The molecule has 0 saturated heterocycles. The quantitative estimate of drug-likeness (QED) is 0.781. The molecule has 0 radical (unpaired) electrons. The summed E-state index contributed by atoms with van der Waals surface area (Å²) in [5.74, 6) is 0.544. The lowest BCUT2D eigenvalue weighted by molar-refractivity contribution is 0.527. The van der Waals surface area contributed by atoms with Crippen molar-refractivity contribution in [2.24, 2.45) is 5.92 Å². The molecule has 1 N–H and O–H groups in total. The van der Waals surface area contributed by atoms with Gasteiger partial charge in [-0.1, -0.05) is 19.9 Å². The topological polar surface area (TPSA) is 12.0 Å². The van der Waals surface area contributed by atoms with E-state index in [1.807, 2.05) is 13.0 Å². The minimum atomic E-state index is -0.177. The Morgan fingerprint density at radius 2 is 1.88 bits per heavy atom. The predicted octanol–water partition coefficient (Wildman–Crippen LogP) is 4.37. The first-order valence-electron chi connectivity index (χ1n) is 6.01. The molecule has 0 aliphatic heterocycles. The molecule has 1 atom stereocenters. The average Bonchev–Trinajstić information content (AvgIpc) is 2.20. The van der Waals surface area contributed by atoms with E-state index in [0.717, 1.165) is 23.6 Å². The van der Waals surface area contributed by atoms with Crippen LogP contribution in [0.3, 0.4) is 0 Å². The Bertz CT molecular complexity index is 334. The molecule has 0 fully saturated rings. The van der Waals surface area contributed by atoms with Crippen molar-refractivity contribution in [1.29, 1.82) is 0 Å². The number of halogens is 1. The SMILES string of the molecule is Cc1ccc(F)cc1NC(C)CCC(C)C. The normalized spacial score (nSPS) is 12.9. The maximum atomic E-state index is 13.1. The molecule has 1 unspecified atom stereocenters. The highest BCUT2D eigenvalue weighted by Gasteiger charge is 2.06. The lowest BCUT2D eigenvalue weighted by atomic mass is 10.0. The van der Waals surface area contributed by atoms with Gasteiger partial charge in [0.25, 0.3) is 0 Å². The molecule has 0 bridgehead atoms. The van der Waals surface area contributed by atoms with E-state index < -0.39 is 0 Å². The van der Waals surface area contributed by atoms with E-state index in [-0.39, 0.29) is 5.82 Å². The van der Waals surface area contributed by atoms with Gasteiger partial charge >= 0.3 is 0 Å². The van der Waals surface area contributed by atoms with Crippen molar-refractivity contribution in [3.05, 3.63) is 29.6 Å². The highest BCUT2D eigenvalue weighted by Crippen LogP contribution is 2.18. The number of hydrogen-bond donors (Lipinski definition) is 1. The van der Waals surface area contributed by atoms with Gasteiger partial charge in [-0.2, -0.15) is 0 Å². The van der Waals surface area contributed by atoms with Crippen LogP contribution in [0.1, 0.15) is 39.2 Å². The van der Waals surface area contributed by atoms with E-state index in [0.29, 0.717) is 6.04 Å². The van der Waals surface area contributed by atoms with Crippen LogP contribution in [-0.2, 0) is 0 Å². The Hall–Kier alpha value is -1.05. The smallest absolute Gasteiger partial charge is 0.125 e. The number of aryl methyl sites for hydroxylation is 1. The number of anilines is 1. The average molecular weight is 223 g/mol. The van der Waals surface area contributed by atoms with Crippen molar-refractivity contribution in [3.8, 4) is 0 Å². The van der Waals surface area contributed by atoms with Crippen LogP contribution >= 0.6 is 0 Å². The summed E-state index contributed by atoms with van der Waals surface area (Å²) in [5.41, 5.74) is 2.01. The molecular formula is C14H22FN. The monoisotopic (exact) mass is 223 g/mol. The second-order valence-electron chi connectivity index (χ2n) is 4.98. The van der Waals surface area contributed by atoms with Crippen molar-refractivity contribution in [3.63, 3.8) is 0 Å². The molecule has 1 rings (SSSR count). The summed E-state index contributed by atoms with van der Waals surface area (Å²) in [4.78, 5) is 0. The Balaban J connectivity index is 2.55. The van der Waals surface area contributed by atoms with Crippen LogP contribution in [0.5, 0.6) is 0 Å². The van der Waals surface area contributed by atoms with Crippen molar-refractivity contribution in [2.45, 2.75) is 46.6 Å². The Morgan fingerprint density at radius 3 is 2.50 bits per heavy atom. The van der Waals surface area contributed by atoms with Crippen LogP contribution < -0.4 is 5.32 Å². The zero-order valence-electron chi connectivity index (χ0n) is 10.7. The molecule has 1 aromatic rings. The molecule has 2 heteroatoms. The van der Waals surface area contributed by atoms with Gasteiger partial charge in [0.05, 0.1) is 0 Å². The Labute approximate surface area is 98.1 Å². The van der Waals surface area contributed by atoms with Gasteiger partial charge in [-0.05, 0) is 50.3 Å². The predicted molar refractivity (Wildman–Crippen MR) is 68.3 cm³/mol. The largest absolute Gasteiger partial charge is 0.382 e. The van der Waals surface area contributed by atoms with Crippen LogP contribution in [0.25, 0.3) is 0 Å². The highest BCUT2D eigenvalue weighted by atomic mass is 19.1. The number of benzene rings is 1. The molecule has 0 aliphatic carbocycles. The van der Waals surface area contributed by atoms with E-state index in [1.54, 1.807) is 6.07 Å². The Morgan fingerprint density at radius 1 is 1.19 bits per heavy atom. The third kappa shape index (κ3) is 4.21. The molecule has 90 valence electrons. The van der Waals surface area contributed by atoms with E-state index >= 15 is 0 Å². The molecule has 0 aromatic heterocycles. The second kappa shape index (κ2) is 5.88. The minimum absolute atomic E-state index is 0.177. The first kappa shape index (κ1) is 13.0. The van der Waals surface area contributed by atoms with Crippen LogP contribution in [0.4, 0.5) is 10.1 Å². The summed E-state index contributed by atoms with van der Waals surface area (Å²) < 4.78 is 13.1. The third-order valence-corrected chi connectivity index (χ3v) is 2.78. The summed E-state index contributed by atoms with van der Waals surface area (Å²) in [6, 6.07) is 5.27. The highest BCUT2D eigenvalue weighted by molar-refractivity contribution is 5.51. The molecular weight excluding hydrogens is 201 g/mol. The molecule has 16 heavy (non-hydrogen) atoms. The maximum Gasteiger partial charge on any atom is 0.125 e. The molecule has 1 nitrogen and oxygen atoms in total. The summed E-state index contributed by atoms with van der Waals surface area (Å²) in [7, 11) is 0. The number of hydrogen-bond acceptors (Lipinski definition) is 1. The van der Waals surface area contributed by atoms with Gasteiger partial charge < -0.3 is 5.32 Å². The minimum Gasteiger partial charge on any atom is -0.382 e. The third-order valence-electron chi connectivity index (χ3n) is 2.78. The number of nitrogens with one attached hydrogen (secondary N) is 1.